The number of aromatic nitrogens is 1. The fourth-order valence-electron chi connectivity index (χ4n) is 2.86. The molecule has 1 aliphatic rings. The first-order chi connectivity index (χ1) is 12.4. The Morgan fingerprint density at radius 2 is 1.85 bits per heavy atom. The Labute approximate surface area is 152 Å². The van der Waals surface area contributed by atoms with Crippen molar-refractivity contribution in [2.24, 2.45) is 7.05 Å². The van der Waals surface area contributed by atoms with Crippen LogP contribution in [0.3, 0.4) is 0 Å². The summed E-state index contributed by atoms with van der Waals surface area (Å²) in [6, 6.07) is 1.40. The van der Waals surface area contributed by atoms with Crippen LogP contribution in [0.4, 0.5) is 5.69 Å². The van der Waals surface area contributed by atoms with Crippen molar-refractivity contribution in [2.75, 3.05) is 25.0 Å². The van der Waals surface area contributed by atoms with Crippen molar-refractivity contribution in [2.45, 2.75) is 39.0 Å². The van der Waals surface area contributed by atoms with Crippen LogP contribution in [-0.2, 0) is 21.4 Å². The van der Waals surface area contributed by atoms with Crippen molar-refractivity contribution in [1.82, 2.24) is 9.47 Å². The topological polar surface area (TPSA) is 97.7 Å². The number of hydrogen-bond donors (Lipinski definition) is 1. The van der Waals surface area contributed by atoms with E-state index in [2.05, 4.69) is 5.32 Å². The van der Waals surface area contributed by atoms with Gasteiger partial charge in [-0.2, -0.15) is 0 Å². The van der Waals surface area contributed by atoms with Gasteiger partial charge in [0.25, 0.3) is 11.5 Å². The van der Waals surface area contributed by atoms with E-state index in [-0.39, 0.29) is 31.0 Å². The molecule has 0 bridgehead atoms. The van der Waals surface area contributed by atoms with Crippen LogP contribution >= 0.6 is 0 Å². The Morgan fingerprint density at radius 1 is 1.15 bits per heavy atom. The first-order valence-corrected chi connectivity index (χ1v) is 8.87. The number of pyridine rings is 1. The van der Waals surface area contributed by atoms with Gasteiger partial charge in [0.05, 0.1) is 18.6 Å². The summed E-state index contributed by atoms with van der Waals surface area (Å²) in [6.07, 6.45) is 4.37. The highest BCUT2D eigenvalue weighted by molar-refractivity contribution is 5.97. The van der Waals surface area contributed by atoms with Crippen LogP contribution in [0, 0.1) is 0 Å². The highest BCUT2D eigenvalue weighted by Gasteiger charge is 2.20. The van der Waals surface area contributed by atoms with Gasteiger partial charge >= 0.3 is 5.97 Å². The fraction of sp³-hybridized carbons (Fsp3) is 0.556. The summed E-state index contributed by atoms with van der Waals surface area (Å²) in [5, 5.41) is 2.50. The lowest BCUT2D eigenvalue weighted by molar-refractivity contribution is -0.144. The molecule has 1 N–H and O–H groups in total. The predicted molar refractivity (Wildman–Crippen MR) is 95.9 cm³/mol. The molecule has 0 aliphatic carbocycles. The van der Waals surface area contributed by atoms with E-state index in [1.54, 1.807) is 11.8 Å². The Bertz CT molecular complexity index is 735. The molecule has 1 saturated heterocycles. The second kappa shape index (κ2) is 9.17. The Hall–Kier alpha value is -2.64. The number of aryl methyl sites for hydroxylation is 1. The van der Waals surface area contributed by atoms with E-state index in [9.17, 15) is 19.2 Å². The normalized spacial score (nSPS) is 14.0. The van der Waals surface area contributed by atoms with Gasteiger partial charge in [-0.15, -0.1) is 0 Å². The highest BCUT2D eigenvalue weighted by Crippen LogP contribution is 2.14. The lowest BCUT2D eigenvalue weighted by Gasteiger charge is -2.27. The van der Waals surface area contributed by atoms with Crippen LogP contribution in [0.25, 0.3) is 0 Å². The van der Waals surface area contributed by atoms with Crippen LogP contribution in [0.5, 0.6) is 0 Å². The maximum absolute atomic E-state index is 12.6. The molecule has 0 atom stereocenters. The summed E-state index contributed by atoms with van der Waals surface area (Å²) in [6.45, 7) is 3.33. The van der Waals surface area contributed by atoms with Crippen LogP contribution in [0.2, 0.25) is 0 Å². The highest BCUT2D eigenvalue weighted by atomic mass is 16.5. The number of nitrogens with one attached hydrogen (secondary N) is 1. The molecule has 26 heavy (non-hydrogen) atoms. The predicted octanol–water partition coefficient (Wildman–Crippen LogP) is 1.29. The first-order valence-electron chi connectivity index (χ1n) is 8.87. The Morgan fingerprint density at radius 3 is 2.50 bits per heavy atom. The minimum atomic E-state index is -0.474. The van der Waals surface area contributed by atoms with Crippen molar-refractivity contribution >= 4 is 23.5 Å². The zero-order valence-electron chi connectivity index (χ0n) is 15.2. The maximum Gasteiger partial charge on any atom is 0.306 e. The Kier molecular flexibility index (Phi) is 6.94. The number of esters is 1. The molecule has 8 heteroatoms. The average molecular weight is 363 g/mol. The van der Waals surface area contributed by atoms with Gasteiger partial charge in [0.15, 0.2) is 0 Å². The van der Waals surface area contributed by atoms with Gasteiger partial charge in [0.1, 0.15) is 5.69 Å². The molecule has 1 aromatic heterocycles. The summed E-state index contributed by atoms with van der Waals surface area (Å²) in [5.74, 6) is -1.09. The number of nitrogens with zero attached hydrogens (tertiary/aromatic N) is 2. The number of hydrogen-bond acceptors (Lipinski definition) is 5. The summed E-state index contributed by atoms with van der Waals surface area (Å²) in [4.78, 5) is 49.9. The SMILES string of the molecule is CCOC(=O)CCC(=O)Nc1cc(C(=O)N2CCCCC2)cn(C)c1=O. The molecule has 8 nitrogen and oxygen atoms in total. The maximum atomic E-state index is 12.6. The van der Waals surface area contributed by atoms with Crippen LogP contribution in [0.1, 0.15) is 49.4 Å². The number of anilines is 1. The minimum absolute atomic E-state index is 0.0317. The molecule has 0 radical (unpaired) electrons. The van der Waals surface area contributed by atoms with E-state index in [1.165, 1.54) is 23.9 Å². The number of likely N-dealkylation sites (tertiary alicyclic amines) is 1. The molecule has 0 aromatic carbocycles. The number of amides is 2. The summed E-state index contributed by atoms with van der Waals surface area (Å²) < 4.78 is 6.04. The molecule has 1 aromatic rings. The monoisotopic (exact) mass is 363 g/mol. The summed E-state index contributed by atoms with van der Waals surface area (Å²) >= 11 is 0. The van der Waals surface area contributed by atoms with Gasteiger partial charge in [-0.05, 0) is 32.3 Å². The van der Waals surface area contributed by atoms with Gasteiger partial charge in [-0.25, -0.2) is 0 Å². The second-order valence-electron chi connectivity index (χ2n) is 6.26. The molecule has 1 fully saturated rings. The smallest absolute Gasteiger partial charge is 0.306 e. The van der Waals surface area contributed by atoms with E-state index in [0.717, 1.165) is 19.3 Å². The number of carbonyl (C=O) groups excluding carboxylic acids is 3. The van der Waals surface area contributed by atoms with Gasteiger partial charge in [-0.1, -0.05) is 0 Å². The van der Waals surface area contributed by atoms with Crippen molar-refractivity contribution in [1.29, 1.82) is 0 Å². The van der Waals surface area contributed by atoms with Gasteiger partial charge in [0, 0.05) is 32.8 Å². The molecule has 142 valence electrons. The summed E-state index contributed by atoms with van der Waals surface area (Å²) in [7, 11) is 1.53. The van der Waals surface area contributed by atoms with Gasteiger partial charge < -0.3 is 19.5 Å². The van der Waals surface area contributed by atoms with Gasteiger partial charge in [0.2, 0.25) is 5.91 Å². The zero-order chi connectivity index (χ0) is 19.1. The van der Waals surface area contributed by atoms with Crippen molar-refractivity contribution < 1.29 is 19.1 Å². The van der Waals surface area contributed by atoms with E-state index in [0.29, 0.717) is 18.7 Å². The molecule has 0 saturated carbocycles. The number of rotatable bonds is 6. The number of piperidine rings is 1. The zero-order valence-corrected chi connectivity index (χ0v) is 15.2. The van der Waals surface area contributed by atoms with Gasteiger partial charge in [-0.3, -0.25) is 19.2 Å². The number of carbonyl (C=O) groups is 3. The van der Waals surface area contributed by atoms with E-state index < -0.39 is 17.4 Å². The molecule has 1 aliphatic heterocycles. The van der Waals surface area contributed by atoms with Crippen molar-refractivity contribution in [3.05, 3.63) is 28.2 Å². The lowest BCUT2D eigenvalue weighted by Crippen LogP contribution is -2.36. The first kappa shape index (κ1) is 19.7. The largest absolute Gasteiger partial charge is 0.466 e. The molecule has 2 amide bonds. The van der Waals surface area contributed by atoms with Crippen LogP contribution in [-0.4, -0.2) is 46.9 Å². The standard InChI is InChI=1S/C18H25N3O5/c1-3-26-16(23)8-7-15(22)19-14-11-13(12-20(2)18(14)25)17(24)21-9-5-4-6-10-21/h11-12H,3-10H2,1-2H3,(H,19,22). The van der Waals surface area contributed by atoms with E-state index in [1.807, 2.05) is 0 Å². The van der Waals surface area contributed by atoms with Crippen molar-refractivity contribution in [3.63, 3.8) is 0 Å². The second-order valence-corrected chi connectivity index (χ2v) is 6.26. The average Bonchev–Trinajstić information content (AvgIpc) is 2.64. The minimum Gasteiger partial charge on any atom is -0.466 e. The lowest BCUT2D eigenvalue weighted by atomic mass is 10.1. The molecular weight excluding hydrogens is 338 g/mol. The molecule has 0 spiro atoms. The molecular formula is C18H25N3O5. The fourth-order valence-corrected chi connectivity index (χ4v) is 2.86. The third-order valence-electron chi connectivity index (χ3n) is 4.21. The number of ether oxygens (including phenoxy) is 1. The van der Waals surface area contributed by atoms with E-state index >= 15 is 0 Å². The van der Waals surface area contributed by atoms with Crippen LogP contribution in [0.15, 0.2) is 17.1 Å². The third kappa shape index (κ3) is 5.18. The quantitative estimate of drug-likeness (QED) is 0.768. The molecule has 2 heterocycles. The summed E-state index contributed by atoms with van der Waals surface area (Å²) in [5.41, 5.74) is -0.0245. The Balaban J connectivity index is 2.09. The van der Waals surface area contributed by atoms with E-state index in [4.69, 9.17) is 4.74 Å². The third-order valence-corrected chi connectivity index (χ3v) is 4.21. The molecule has 0 unspecified atom stereocenters. The van der Waals surface area contributed by atoms with Crippen molar-refractivity contribution in [3.8, 4) is 0 Å². The molecule has 2 rings (SSSR count). The van der Waals surface area contributed by atoms with Crippen LogP contribution < -0.4 is 10.9 Å².